The molecule has 1 fully saturated rings. The third kappa shape index (κ3) is 2.91. The number of carbonyl (C=O) groups is 1. The maximum absolute atomic E-state index is 13.4. The van der Waals surface area contributed by atoms with Crippen molar-refractivity contribution in [2.45, 2.75) is 44.6 Å². The van der Waals surface area contributed by atoms with Crippen molar-refractivity contribution in [3.63, 3.8) is 0 Å². The molecule has 142 valence electrons. The number of benzene rings is 2. The Morgan fingerprint density at radius 3 is 2.57 bits per heavy atom. The van der Waals surface area contributed by atoms with Crippen LogP contribution in [0.3, 0.4) is 0 Å². The zero-order valence-electron chi connectivity index (χ0n) is 16.1. The van der Waals surface area contributed by atoms with Crippen LogP contribution in [0.4, 0.5) is 0 Å². The number of para-hydroxylation sites is 1. The summed E-state index contributed by atoms with van der Waals surface area (Å²) in [7, 11) is 0. The number of rotatable bonds is 4. The molecule has 5 nitrogen and oxygen atoms in total. The van der Waals surface area contributed by atoms with Gasteiger partial charge in [0.2, 0.25) is 5.82 Å². The Morgan fingerprint density at radius 2 is 1.82 bits per heavy atom. The van der Waals surface area contributed by atoms with Crippen LogP contribution >= 0.6 is 0 Å². The van der Waals surface area contributed by atoms with E-state index in [1.165, 1.54) is 11.1 Å². The normalized spacial score (nSPS) is 18.8. The average Bonchev–Trinajstić information content (AvgIpc) is 3.51. The summed E-state index contributed by atoms with van der Waals surface area (Å²) in [4.78, 5) is 20.1. The molecular formula is C23H24N4O. The molecule has 5 heteroatoms. The van der Waals surface area contributed by atoms with E-state index >= 15 is 0 Å². The van der Waals surface area contributed by atoms with Crippen LogP contribution in [0, 0.1) is 0 Å². The molecule has 0 bridgehead atoms. The number of hydrogen-bond donors (Lipinski definition) is 0. The van der Waals surface area contributed by atoms with Gasteiger partial charge in [-0.05, 0) is 48.9 Å². The van der Waals surface area contributed by atoms with E-state index < -0.39 is 0 Å². The van der Waals surface area contributed by atoms with Gasteiger partial charge in [-0.15, -0.1) is 5.10 Å². The number of nitrogens with zero attached hydrogens (tertiary/aromatic N) is 4. The summed E-state index contributed by atoms with van der Waals surface area (Å²) in [5.41, 5.74) is 3.57. The number of hydrogen-bond acceptors (Lipinski definition) is 3. The van der Waals surface area contributed by atoms with Crippen LogP contribution in [-0.4, -0.2) is 32.1 Å². The van der Waals surface area contributed by atoms with E-state index in [1.807, 2.05) is 39.9 Å². The fraction of sp³-hybridized carbons (Fsp3) is 0.348. The first kappa shape index (κ1) is 17.2. The van der Waals surface area contributed by atoms with Gasteiger partial charge in [0.1, 0.15) is 5.82 Å². The van der Waals surface area contributed by atoms with E-state index in [1.54, 1.807) is 0 Å². The molecule has 2 aromatic carbocycles. The number of carbonyl (C=O) groups excluding carboxylic acids is 1. The van der Waals surface area contributed by atoms with Crippen molar-refractivity contribution in [1.82, 2.24) is 19.7 Å². The number of fused-ring (bicyclic) bond motifs is 1. The molecule has 1 aliphatic carbocycles. The molecule has 0 saturated heterocycles. The minimum absolute atomic E-state index is 0.0575. The summed E-state index contributed by atoms with van der Waals surface area (Å²) < 4.78 is 1.86. The Kier molecular flexibility index (Phi) is 4.23. The molecule has 0 spiro atoms. The van der Waals surface area contributed by atoms with E-state index in [-0.39, 0.29) is 11.9 Å². The SMILES string of the molecule is CCC1c2ccccc2CCN1C(=O)c1nc(C2CC2)n(-c2ccccc2)n1. The van der Waals surface area contributed by atoms with Gasteiger partial charge in [-0.2, -0.15) is 0 Å². The molecule has 1 aliphatic heterocycles. The van der Waals surface area contributed by atoms with Crippen LogP contribution in [0.1, 0.15) is 65.7 Å². The van der Waals surface area contributed by atoms with Gasteiger partial charge < -0.3 is 4.90 Å². The van der Waals surface area contributed by atoms with Crippen molar-refractivity contribution >= 4 is 5.91 Å². The van der Waals surface area contributed by atoms with Gasteiger partial charge in [-0.3, -0.25) is 4.79 Å². The van der Waals surface area contributed by atoms with E-state index in [0.29, 0.717) is 18.3 Å². The molecule has 0 radical (unpaired) electrons. The molecule has 1 amide bonds. The first-order valence-corrected chi connectivity index (χ1v) is 10.2. The standard InChI is InChI=1S/C23H24N4O/c1-2-20-19-11-7-6-8-16(19)14-15-26(20)23(28)21-24-22(17-12-13-17)27(25-21)18-9-4-3-5-10-18/h3-11,17,20H,2,12-15H2,1H3. The molecule has 0 N–H and O–H groups in total. The zero-order chi connectivity index (χ0) is 19.1. The second kappa shape index (κ2) is 6.89. The monoisotopic (exact) mass is 372 g/mol. The van der Waals surface area contributed by atoms with E-state index in [0.717, 1.165) is 37.2 Å². The molecule has 2 heterocycles. The lowest BCUT2D eigenvalue weighted by Crippen LogP contribution is -2.40. The van der Waals surface area contributed by atoms with E-state index in [2.05, 4.69) is 36.3 Å². The van der Waals surface area contributed by atoms with Gasteiger partial charge >= 0.3 is 0 Å². The van der Waals surface area contributed by atoms with Gasteiger partial charge in [-0.25, -0.2) is 9.67 Å². The number of amides is 1. The molecule has 3 aromatic rings. The Bertz CT molecular complexity index is 1010. The van der Waals surface area contributed by atoms with E-state index in [4.69, 9.17) is 4.98 Å². The third-order valence-corrected chi connectivity index (χ3v) is 5.83. The predicted octanol–water partition coefficient (Wildman–Crippen LogP) is 4.29. The highest BCUT2D eigenvalue weighted by Gasteiger charge is 2.35. The van der Waals surface area contributed by atoms with Crippen molar-refractivity contribution in [2.24, 2.45) is 0 Å². The van der Waals surface area contributed by atoms with Crippen LogP contribution in [0.5, 0.6) is 0 Å². The topological polar surface area (TPSA) is 51.0 Å². The summed E-state index contributed by atoms with van der Waals surface area (Å²) in [6, 6.07) is 18.5. The van der Waals surface area contributed by atoms with Crippen LogP contribution < -0.4 is 0 Å². The van der Waals surface area contributed by atoms with E-state index in [9.17, 15) is 4.79 Å². The van der Waals surface area contributed by atoms with Gasteiger partial charge in [0.25, 0.3) is 5.91 Å². The lowest BCUT2D eigenvalue weighted by molar-refractivity contribution is 0.0643. The lowest BCUT2D eigenvalue weighted by Gasteiger charge is -2.36. The largest absolute Gasteiger partial charge is 0.328 e. The maximum Gasteiger partial charge on any atom is 0.294 e. The highest BCUT2D eigenvalue weighted by Crippen LogP contribution is 2.40. The molecule has 5 rings (SSSR count). The average molecular weight is 372 g/mol. The first-order valence-electron chi connectivity index (χ1n) is 10.2. The van der Waals surface area contributed by atoms with Crippen LogP contribution in [0.15, 0.2) is 54.6 Å². The van der Waals surface area contributed by atoms with Crippen molar-refractivity contribution in [2.75, 3.05) is 6.54 Å². The molecular weight excluding hydrogens is 348 g/mol. The Balaban J connectivity index is 1.51. The molecule has 1 saturated carbocycles. The van der Waals surface area contributed by atoms with Gasteiger partial charge in [0.05, 0.1) is 11.7 Å². The molecule has 28 heavy (non-hydrogen) atoms. The molecule has 2 aliphatic rings. The van der Waals surface area contributed by atoms with Crippen LogP contribution in [0.25, 0.3) is 5.69 Å². The minimum Gasteiger partial charge on any atom is -0.328 e. The second-order valence-corrected chi connectivity index (χ2v) is 7.69. The Labute approximate surface area is 165 Å². The second-order valence-electron chi connectivity index (χ2n) is 7.69. The summed E-state index contributed by atoms with van der Waals surface area (Å²) in [6.45, 7) is 2.85. The fourth-order valence-corrected chi connectivity index (χ4v) is 4.24. The van der Waals surface area contributed by atoms with Gasteiger partial charge in [0, 0.05) is 12.5 Å². The molecule has 1 atom stereocenters. The van der Waals surface area contributed by atoms with Crippen molar-refractivity contribution in [3.8, 4) is 5.69 Å². The predicted molar refractivity (Wildman–Crippen MR) is 108 cm³/mol. The van der Waals surface area contributed by atoms with Crippen molar-refractivity contribution in [3.05, 3.63) is 77.4 Å². The third-order valence-electron chi connectivity index (χ3n) is 5.83. The van der Waals surface area contributed by atoms with Crippen molar-refractivity contribution in [1.29, 1.82) is 0 Å². The highest BCUT2D eigenvalue weighted by atomic mass is 16.2. The quantitative estimate of drug-likeness (QED) is 0.686. The smallest absolute Gasteiger partial charge is 0.294 e. The fourth-order valence-electron chi connectivity index (χ4n) is 4.24. The highest BCUT2D eigenvalue weighted by molar-refractivity contribution is 5.91. The summed E-state index contributed by atoms with van der Waals surface area (Å²) in [5, 5.41) is 4.66. The Morgan fingerprint density at radius 1 is 1.07 bits per heavy atom. The maximum atomic E-state index is 13.4. The zero-order valence-corrected chi connectivity index (χ0v) is 16.1. The van der Waals surface area contributed by atoms with Gasteiger partial charge in [-0.1, -0.05) is 49.4 Å². The summed E-state index contributed by atoms with van der Waals surface area (Å²) in [5.74, 6) is 1.60. The first-order chi connectivity index (χ1) is 13.8. The Hall–Kier alpha value is -2.95. The molecule has 1 unspecified atom stereocenters. The minimum atomic E-state index is -0.0575. The lowest BCUT2D eigenvalue weighted by atomic mass is 9.91. The van der Waals surface area contributed by atoms with Crippen molar-refractivity contribution < 1.29 is 4.79 Å². The van der Waals surface area contributed by atoms with Crippen LogP contribution in [-0.2, 0) is 6.42 Å². The van der Waals surface area contributed by atoms with Crippen LogP contribution in [0.2, 0.25) is 0 Å². The van der Waals surface area contributed by atoms with Gasteiger partial charge in [0.15, 0.2) is 0 Å². The number of aromatic nitrogens is 3. The molecule has 1 aromatic heterocycles. The summed E-state index contributed by atoms with van der Waals surface area (Å²) >= 11 is 0. The summed E-state index contributed by atoms with van der Waals surface area (Å²) in [6.07, 6.45) is 4.01.